The van der Waals surface area contributed by atoms with Gasteiger partial charge in [0, 0.05) is 23.7 Å². The van der Waals surface area contributed by atoms with Crippen LogP contribution in [-0.4, -0.2) is 42.7 Å². The van der Waals surface area contributed by atoms with Crippen molar-refractivity contribution in [2.75, 3.05) is 27.3 Å². The summed E-state index contributed by atoms with van der Waals surface area (Å²) in [4.78, 5) is 35.0. The lowest BCUT2D eigenvalue weighted by Crippen LogP contribution is -2.43. The number of ether oxygens (including phenoxy) is 3. The number of methoxy groups -OCH3 is 2. The molecule has 0 saturated carbocycles. The summed E-state index contributed by atoms with van der Waals surface area (Å²) in [7, 11) is 3.15. The summed E-state index contributed by atoms with van der Waals surface area (Å²) in [5.74, 6) is 1.66. The van der Waals surface area contributed by atoms with E-state index in [1.54, 1.807) is 35.8 Å². The maximum atomic E-state index is 14.1. The van der Waals surface area contributed by atoms with Crippen LogP contribution in [0.5, 0.6) is 17.2 Å². The van der Waals surface area contributed by atoms with Crippen LogP contribution in [0.2, 0.25) is 5.02 Å². The fraction of sp³-hybridized carbons (Fsp3) is 0.265. The van der Waals surface area contributed by atoms with Crippen LogP contribution in [0.4, 0.5) is 0 Å². The highest BCUT2D eigenvalue weighted by Crippen LogP contribution is 2.38. The highest BCUT2D eigenvalue weighted by Gasteiger charge is 2.36. The number of carbonyl (C=O) groups excluding carboxylic acids is 1. The number of thiazole rings is 1. The quantitative estimate of drug-likeness (QED) is 0.236. The number of fused-ring (bicyclic) bond motifs is 1. The molecule has 228 valence electrons. The van der Waals surface area contributed by atoms with Crippen molar-refractivity contribution in [1.82, 2.24) is 9.47 Å². The molecular formula is C34H34ClN3O5S. The van der Waals surface area contributed by atoms with Crippen molar-refractivity contribution in [1.29, 1.82) is 0 Å². The number of hydrogen-bond donors (Lipinski definition) is 0. The number of benzene rings is 3. The maximum Gasteiger partial charge on any atom is 0.271 e. The van der Waals surface area contributed by atoms with Crippen molar-refractivity contribution in [2.45, 2.75) is 33.4 Å². The summed E-state index contributed by atoms with van der Waals surface area (Å²) in [6, 6.07) is 19.7. The summed E-state index contributed by atoms with van der Waals surface area (Å²) in [6.07, 6.45) is 1.83. The Balaban J connectivity index is 1.56. The molecule has 1 aliphatic rings. The second kappa shape index (κ2) is 13.5. The molecule has 2 heterocycles. The molecule has 0 aliphatic carbocycles. The fourth-order valence-corrected chi connectivity index (χ4v) is 6.36. The second-order valence-corrected chi connectivity index (χ2v) is 11.6. The molecule has 0 radical (unpaired) electrons. The van der Waals surface area contributed by atoms with E-state index in [-0.39, 0.29) is 11.5 Å². The standard InChI is InChI=1S/C34H34ClN3O5S/c1-6-37(7-2)33(40)30-21(3)36-34-38(31(30)27-19-26(41-4)16-17-28(27)42-5)32(39)29(44-34)18-22-10-14-25(15-11-22)43-20-23-8-12-24(35)13-9-23/h8-19,31H,6-7,20H2,1-5H3/b29-18+/t31-/m1/s1. The van der Waals surface area contributed by atoms with E-state index in [1.165, 1.54) is 11.3 Å². The molecule has 8 nitrogen and oxygen atoms in total. The third kappa shape index (κ3) is 6.30. The minimum absolute atomic E-state index is 0.172. The van der Waals surface area contributed by atoms with Crippen LogP contribution in [-0.2, 0) is 11.4 Å². The Hall–Kier alpha value is -4.34. The van der Waals surface area contributed by atoms with Gasteiger partial charge in [-0.2, -0.15) is 0 Å². The van der Waals surface area contributed by atoms with Gasteiger partial charge in [-0.1, -0.05) is 47.2 Å². The van der Waals surface area contributed by atoms with Crippen molar-refractivity contribution in [3.63, 3.8) is 0 Å². The van der Waals surface area contributed by atoms with E-state index in [2.05, 4.69) is 0 Å². The zero-order valence-corrected chi connectivity index (χ0v) is 26.9. The zero-order chi connectivity index (χ0) is 31.4. The van der Waals surface area contributed by atoms with Crippen molar-refractivity contribution in [3.8, 4) is 17.2 Å². The Kier molecular flexibility index (Phi) is 9.56. The van der Waals surface area contributed by atoms with E-state index in [4.69, 9.17) is 30.8 Å². The van der Waals surface area contributed by atoms with Crippen LogP contribution >= 0.6 is 22.9 Å². The third-order valence-electron chi connectivity index (χ3n) is 7.53. The lowest BCUT2D eigenvalue weighted by molar-refractivity contribution is -0.127. The minimum Gasteiger partial charge on any atom is -0.497 e. The SMILES string of the molecule is CCN(CC)C(=O)C1=C(C)N=c2s/c(=C/c3ccc(OCc4ccc(Cl)cc4)cc3)c(=O)n2[C@@H]1c1cc(OC)ccc1OC. The molecule has 0 unspecified atom stereocenters. The van der Waals surface area contributed by atoms with Gasteiger partial charge in [0.15, 0.2) is 4.80 Å². The zero-order valence-electron chi connectivity index (χ0n) is 25.3. The van der Waals surface area contributed by atoms with E-state index < -0.39 is 6.04 Å². The van der Waals surface area contributed by atoms with Crippen LogP contribution in [0.1, 0.15) is 43.5 Å². The van der Waals surface area contributed by atoms with E-state index in [1.807, 2.05) is 81.4 Å². The molecule has 1 atom stereocenters. The first-order valence-electron chi connectivity index (χ1n) is 14.3. The van der Waals surface area contributed by atoms with E-state index in [0.29, 0.717) is 68.1 Å². The molecule has 3 aromatic carbocycles. The third-order valence-corrected chi connectivity index (χ3v) is 8.77. The van der Waals surface area contributed by atoms with Crippen LogP contribution in [0.3, 0.4) is 0 Å². The fourth-order valence-electron chi connectivity index (χ4n) is 5.18. The van der Waals surface area contributed by atoms with Gasteiger partial charge in [0.25, 0.3) is 11.5 Å². The van der Waals surface area contributed by atoms with Crippen molar-refractivity contribution < 1.29 is 19.0 Å². The number of amides is 1. The predicted octanol–water partition coefficient (Wildman–Crippen LogP) is 5.35. The molecule has 0 saturated heterocycles. The number of allylic oxidation sites excluding steroid dienone is 1. The Bertz CT molecular complexity index is 1870. The molecular weight excluding hydrogens is 598 g/mol. The smallest absolute Gasteiger partial charge is 0.271 e. The number of rotatable bonds is 10. The monoisotopic (exact) mass is 631 g/mol. The van der Waals surface area contributed by atoms with Gasteiger partial charge in [0.1, 0.15) is 29.9 Å². The number of hydrogen-bond acceptors (Lipinski definition) is 7. The molecule has 1 aromatic heterocycles. The Morgan fingerprint density at radius 2 is 1.68 bits per heavy atom. The summed E-state index contributed by atoms with van der Waals surface area (Å²) in [6.45, 7) is 7.14. The average molecular weight is 632 g/mol. The first kappa shape index (κ1) is 31.1. The first-order chi connectivity index (χ1) is 21.3. The molecule has 5 rings (SSSR count). The number of nitrogens with zero attached hydrogens (tertiary/aromatic N) is 3. The highest BCUT2D eigenvalue weighted by atomic mass is 35.5. The molecule has 1 amide bonds. The molecule has 10 heteroatoms. The maximum absolute atomic E-state index is 14.1. The molecule has 0 bridgehead atoms. The van der Waals surface area contributed by atoms with E-state index in [9.17, 15) is 9.59 Å². The van der Waals surface area contributed by atoms with Crippen LogP contribution in [0, 0.1) is 0 Å². The van der Waals surface area contributed by atoms with Crippen molar-refractivity contribution >= 4 is 34.9 Å². The van der Waals surface area contributed by atoms with Gasteiger partial charge in [-0.15, -0.1) is 0 Å². The minimum atomic E-state index is -0.754. The lowest BCUT2D eigenvalue weighted by Gasteiger charge is -2.30. The highest BCUT2D eigenvalue weighted by molar-refractivity contribution is 7.07. The van der Waals surface area contributed by atoms with Crippen LogP contribution < -0.4 is 29.1 Å². The van der Waals surface area contributed by atoms with Gasteiger partial charge in [-0.05, 0) is 80.4 Å². The summed E-state index contributed by atoms with van der Waals surface area (Å²) in [5.41, 5.74) is 3.24. The molecule has 0 spiro atoms. The number of halogens is 1. The van der Waals surface area contributed by atoms with Gasteiger partial charge in [-0.25, -0.2) is 4.99 Å². The second-order valence-electron chi connectivity index (χ2n) is 10.2. The average Bonchev–Trinajstić information content (AvgIpc) is 3.34. The molecule has 44 heavy (non-hydrogen) atoms. The number of likely N-dealkylation sites (N-methyl/N-ethyl adjacent to an activating group) is 1. The van der Waals surface area contributed by atoms with E-state index in [0.717, 1.165) is 11.1 Å². The summed E-state index contributed by atoms with van der Waals surface area (Å²) in [5, 5.41) is 0.680. The predicted molar refractivity (Wildman–Crippen MR) is 173 cm³/mol. The Morgan fingerprint density at radius 3 is 2.32 bits per heavy atom. The van der Waals surface area contributed by atoms with E-state index >= 15 is 0 Å². The lowest BCUT2D eigenvalue weighted by atomic mass is 9.93. The summed E-state index contributed by atoms with van der Waals surface area (Å²) >= 11 is 7.26. The molecule has 0 N–H and O–H groups in total. The van der Waals surface area contributed by atoms with Crippen LogP contribution in [0.25, 0.3) is 6.08 Å². The molecule has 1 aliphatic heterocycles. The van der Waals surface area contributed by atoms with Gasteiger partial charge in [0.2, 0.25) is 0 Å². The summed E-state index contributed by atoms with van der Waals surface area (Å²) < 4.78 is 19.3. The van der Waals surface area contributed by atoms with Crippen molar-refractivity contribution in [2.24, 2.45) is 4.99 Å². The number of aromatic nitrogens is 1. The molecule has 0 fully saturated rings. The van der Waals surface area contributed by atoms with Gasteiger partial charge >= 0.3 is 0 Å². The largest absolute Gasteiger partial charge is 0.497 e. The van der Waals surface area contributed by atoms with Crippen molar-refractivity contribution in [3.05, 3.63) is 119 Å². The normalized spacial score (nSPS) is 14.6. The van der Waals surface area contributed by atoms with Gasteiger partial charge in [0.05, 0.1) is 30.0 Å². The Morgan fingerprint density at radius 1 is 1.00 bits per heavy atom. The van der Waals surface area contributed by atoms with Gasteiger partial charge in [-0.3, -0.25) is 14.2 Å². The topological polar surface area (TPSA) is 82.4 Å². The van der Waals surface area contributed by atoms with Gasteiger partial charge < -0.3 is 19.1 Å². The number of carbonyl (C=O) groups is 1. The molecule has 4 aromatic rings. The van der Waals surface area contributed by atoms with Crippen LogP contribution in [0.15, 0.2) is 87.8 Å². The Labute approximate surface area is 265 Å². The first-order valence-corrected chi connectivity index (χ1v) is 15.5.